The standard InChI is InChI=1S/C9H7N3O4/c13-5-3-6(14)12(4-5)8-7(9(15)16)10-1-2-11-8/h1-2H,3-4H2,(H,15,16). The van der Waals surface area contributed by atoms with E-state index in [1.807, 2.05) is 0 Å². The minimum Gasteiger partial charge on any atom is -0.476 e. The van der Waals surface area contributed by atoms with Crippen molar-refractivity contribution < 1.29 is 19.5 Å². The van der Waals surface area contributed by atoms with Gasteiger partial charge >= 0.3 is 5.97 Å². The lowest BCUT2D eigenvalue weighted by atomic mass is 10.3. The molecule has 1 aromatic heterocycles. The maximum absolute atomic E-state index is 11.4. The fourth-order valence-electron chi connectivity index (χ4n) is 1.46. The van der Waals surface area contributed by atoms with E-state index in [0.717, 1.165) is 4.90 Å². The zero-order valence-corrected chi connectivity index (χ0v) is 8.08. The molecule has 1 amide bonds. The van der Waals surface area contributed by atoms with Gasteiger partial charge in [-0.15, -0.1) is 0 Å². The Balaban J connectivity index is 2.44. The van der Waals surface area contributed by atoms with Gasteiger partial charge in [0.1, 0.15) is 0 Å². The highest BCUT2D eigenvalue weighted by Crippen LogP contribution is 2.19. The molecule has 0 atom stereocenters. The third-order valence-electron chi connectivity index (χ3n) is 2.12. The van der Waals surface area contributed by atoms with Crippen LogP contribution in [0.2, 0.25) is 0 Å². The Kier molecular flexibility index (Phi) is 2.35. The van der Waals surface area contributed by atoms with E-state index in [4.69, 9.17) is 5.11 Å². The molecule has 2 heterocycles. The maximum atomic E-state index is 11.4. The second kappa shape index (κ2) is 3.69. The smallest absolute Gasteiger partial charge is 0.358 e. The third kappa shape index (κ3) is 1.62. The van der Waals surface area contributed by atoms with E-state index in [2.05, 4.69) is 9.97 Å². The molecule has 0 saturated carbocycles. The van der Waals surface area contributed by atoms with Crippen molar-refractivity contribution in [1.82, 2.24) is 9.97 Å². The summed E-state index contributed by atoms with van der Waals surface area (Å²) in [6, 6.07) is 0. The lowest BCUT2D eigenvalue weighted by Crippen LogP contribution is -2.28. The number of rotatable bonds is 2. The van der Waals surface area contributed by atoms with Crippen LogP contribution < -0.4 is 4.90 Å². The van der Waals surface area contributed by atoms with Crippen molar-refractivity contribution >= 4 is 23.5 Å². The molecule has 1 saturated heterocycles. The Bertz CT molecular complexity index is 485. The van der Waals surface area contributed by atoms with E-state index in [1.165, 1.54) is 12.4 Å². The summed E-state index contributed by atoms with van der Waals surface area (Å²) in [5, 5.41) is 8.85. The Hall–Kier alpha value is -2.31. The van der Waals surface area contributed by atoms with Crippen molar-refractivity contribution in [1.29, 1.82) is 0 Å². The van der Waals surface area contributed by atoms with E-state index in [0.29, 0.717) is 0 Å². The maximum Gasteiger partial charge on any atom is 0.358 e. The summed E-state index contributed by atoms with van der Waals surface area (Å²) in [6.07, 6.45) is 2.28. The van der Waals surface area contributed by atoms with Crippen molar-refractivity contribution in [2.75, 3.05) is 11.4 Å². The summed E-state index contributed by atoms with van der Waals surface area (Å²) in [5.74, 6) is -2.07. The fraction of sp³-hybridized carbons (Fsp3) is 0.222. The van der Waals surface area contributed by atoms with Crippen LogP contribution in [0.4, 0.5) is 5.82 Å². The molecule has 0 bridgehead atoms. The number of carboxylic acids is 1. The summed E-state index contributed by atoms with van der Waals surface area (Å²) in [7, 11) is 0. The van der Waals surface area contributed by atoms with Crippen molar-refractivity contribution in [3.63, 3.8) is 0 Å². The number of aromatic carboxylic acids is 1. The number of hydrogen-bond donors (Lipinski definition) is 1. The molecule has 0 aliphatic carbocycles. The van der Waals surface area contributed by atoms with Gasteiger partial charge in [0, 0.05) is 12.4 Å². The van der Waals surface area contributed by atoms with E-state index in [9.17, 15) is 14.4 Å². The highest BCUT2D eigenvalue weighted by molar-refractivity contribution is 6.15. The summed E-state index contributed by atoms with van der Waals surface area (Å²) in [4.78, 5) is 41.7. The van der Waals surface area contributed by atoms with Gasteiger partial charge in [-0.1, -0.05) is 0 Å². The lowest BCUT2D eigenvalue weighted by Gasteiger charge is -2.14. The Morgan fingerprint density at radius 2 is 2.00 bits per heavy atom. The molecule has 1 fully saturated rings. The number of anilines is 1. The molecule has 0 spiro atoms. The second-order valence-corrected chi connectivity index (χ2v) is 3.23. The number of amides is 1. The first kappa shape index (κ1) is 10.2. The van der Waals surface area contributed by atoms with Crippen molar-refractivity contribution in [2.45, 2.75) is 6.42 Å². The molecule has 16 heavy (non-hydrogen) atoms. The van der Waals surface area contributed by atoms with Gasteiger partial charge in [0.25, 0.3) is 0 Å². The predicted octanol–water partition coefficient (Wildman–Crippen LogP) is -0.519. The van der Waals surface area contributed by atoms with E-state index in [1.54, 1.807) is 0 Å². The molecule has 7 heteroatoms. The van der Waals surface area contributed by atoms with Crippen molar-refractivity contribution in [3.8, 4) is 0 Å². The number of ketones is 1. The number of Topliss-reactive ketones (excluding diaryl/α,β-unsaturated/α-hetero) is 1. The molecule has 0 aromatic carbocycles. The quantitative estimate of drug-likeness (QED) is 0.674. The van der Waals surface area contributed by atoms with Crippen LogP contribution in [0, 0.1) is 0 Å². The molecule has 1 N–H and O–H groups in total. The molecule has 0 radical (unpaired) electrons. The van der Waals surface area contributed by atoms with E-state index >= 15 is 0 Å². The normalized spacial score (nSPS) is 15.6. The first-order valence-corrected chi connectivity index (χ1v) is 4.46. The molecular formula is C9H7N3O4. The monoisotopic (exact) mass is 221 g/mol. The van der Waals surface area contributed by atoms with Gasteiger partial charge in [0.2, 0.25) is 5.91 Å². The van der Waals surface area contributed by atoms with Gasteiger partial charge in [-0.3, -0.25) is 14.5 Å². The van der Waals surface area contributed by atoms with E-state index < -0.39 is 11.9 Å². The molecule has 7 nitrogen and oxygen atoms in total. The van der Waals surface area contributed by atoms with Gasteiger partial charge in [-0.25, -0.2) is 14.8 Å². The third-order valence-corrected chi connectivity index (χ3v) is 2.12. The van der Waals surface area contributed by atoms with Gasteiger partial charge < -0.3 is 5.11 Å². The summed E-state index contributed by atoms with van der Waals surface area (Å²) >= 11 is 0. The average Bonchev–Trinajstić information content (AvgIpc) is 2.57. The molecular weight excluding hydrogens is 214 g/mol. The summed E-state index contributed by atoms with van der Waals surface area (Å²) in [5.41, 5.74) is -0.328. The number of hydrogen-bond acceptors (Lipinski definition) is 5. The highest BCUT2D eigenvalue weighted by Gasteiger charge is 2.32. The SMILES string of the molecule is O=C1CC(=O)N(c2nccnc2C(=O)O)C1. The Morgan fingerprint density at radius 3 is 2.56 bits per heavy atom. The largest absolute Gasteiger partial charge is 0.476 e. The predicted molar refractivity (Wildman–Crippen MR) is 51.0 cm³/mol. The molecule has 2 rings (SSSR count). The van der Waals surface area contributed by atoms with Crippen LogP contribution in [0.1, 0.15) is 16.9 Å². The van der Waals surface area contributed by atoms with E-state index in [-0.39, 0.29) is 30.3 Å². The van der Waals surface area contributed by atoms with Crippen LogP contribution in [0.3, 0.4) is 0 Å². The summed E-state index contributed by atoms with van der Waals surface area (Å²) < 4.78 is 0. The van der Waals surface area contributed by atoms with Crippen LogP contribution in [0.15, 0.2) is 12.4 Å². The van der Waals surface area contributed by atoms with Crippen molar-refractivity contribution in [2.24, 2.45) is 0 Å². The molecule has 1 aromatic rings. The van der Waals surface area contributed by atoms with Gasteiger partial charge in [-0.2, -0.15) is 0 Å². The first-order valence-electron chi connectivity index (χ1n) is 4.46. The van der Waals surface area contributed by atoms with Gasteiger partial charge in [0.15, 0.2) is 17.3 Å². The highest BCUT2D eigenvalue weighted by atomic mass is 16.4. The molecule has 82 valence electrons. The minimum atomic E-state index is -1.28. The van der Waals surface area contributed by atoms with Crippen LogP contribution in [-0.2, 0) is 9.59 Å². The van der Waals surface area contributed by atoms with Crippen LogP contribution in [-0.4, -0.2) is 39.3 Å². The van der Waals surface area contributed by atoms with Crippen LogP contribution in [0.25, 0.3) is 0 Å². The number of carbonyl (C=O) groups is 3. The topological polar surface area (TPSA) is 100 Å². The molecule has 1 aliphatic heterocycles. The lowest BCUT2D eigenvalue weighted by molar-refractivity contribution is -0.121. The summed E-state index contributed by atoms with van der Waals surface area (Å²) in [6.45, 7) is -0.141. The first-order chi connectivity index (χ1) is 7.59. The fourth-order valence-corrected chi connectivity index (χ4v) is 1.46. The van der Waals surface area contributed by atoms with Crippen LogP contribution in [0.5, 0.6) is 0 Å². The van der Waals surface area contributed by atoms with Crippen molar-refractivity contribution in [3.05, 3.63) is 18.1 Å². The zero-order valence-electron chi connectivity index (χ0n) is 8.08. The average molecular weight is 221 g/mol. The van der Waals surface area contributed by atoms with Crippen LogP contribution >= 0.6 is 0 Å². The molecule has 1 aliphatic rings. The Labute approximate surface area is 89.7 Å². The number of carboxylic acid groups (broad SMARTS) is 1. The minimum absolute atomic E-state index is 0.0779. The second-order valence-electron chi connectivity index (χ2n) is 3.23. The van der Waals surface area contributed by atoms with Gasteiger partial charge in [0.05, 0.1) is 13.0 Å². The molecule has 0 unspecified atom stereocenters. The zero-order chi connectivity index (χ0) is 11.7. The number of nitrogens with zero attached hydrogens (tertiary/aromatic N) is 3. The van der Waals surface area contributed by atoms with Gasteiger partial charge in [-0.05, 0) is 0 Å². The number of aromatic nitrogens is 2. The number of carbonyl (C=O) groups excluding carboxylic acids is 2. The Morgan fingerprint density at radius 1 is 1.31 bits per heavy atom.